The van der Waals surface area contributed by atoms with Gasteiger partial charge in [0.2, 0.25) is 5.95 Å². The lowest BCUT2D eigenvalue weighted by atomic mass is 9.89. The smallest absolute Gasteiger partial charge is 0.409 e. The maximum absolute atomic E-state index is 15.1. The van der Waals surface area contributed by atoms with E-state index in [4.69, 9.17) is 15.2 Å². The van der Waals surface area contributed by atoms with Gasteiger partial charge in [0.1, 0.15) is 11.6 Å². The summed E-state index contributed by atoms with van der Waals surface area (Å²) in [5.41, 5.74) is 9.20. The minimum absolute atomic E-state index is 0.00583. The number of fused-ring (bicyclic) bond motifs is 1. The number of rotatable bonds is 6. The highest BCUT2D eigenvalue weighted by Crippen LogP contribution is 2.34. The molecule has 2 saturated heterocycles. The number of hydrogen-bond acceptors (Lipinski definition) is 9. The minimum atomic E-state index is -0.681. The van der Waals surface area contributed by atoms with Crippen molar-refractivity contribution in [3.05, 3.63) is 66.1 Å². The fraction of sp³-hybridized carbons (Fsp3) is 0.379. The second-order valence-electron chi connectivity index (χ2n) is 10.9. The summed E-state index contributed by atoms with van der Waals surface area (Å²) < 4.78 is 41.8. The van der Waals surface area contributed by atoms with Gasteiger partial charge in [0.05, 0.1) is 66.9 Å². The van der Waals surface area contributed by atoms with Gasteiger partial charge in [-0.15, -0.1) is 0 Å². The highest BCUT2D eigenvalue weighted by atomic mass is 19.1. The van der Waals surface area contributed by atoms with E-state index >= 15 is 8.78 Å². The van der Waals surface area contributed by atoms with Crippen LogP contribution >= 0.6 is 0 Å². The first-order valence-corrected chi connectivity index (χ1v) is 13.7. The van der Waals surface area contributed by atoms with Crippen molar-refractivity contribution in [1.29, 1.82) is 0 Å². The highest BCUT2D eigenvalue weighted by Gasteiger charge is 2.38. The van der Waals surface area contributed by atoms with E-state index < -0.39 is 17.7 Å². The standard InChI is InChI=1S/C29H32F2N8O3/c1-16-12-38(13-22(32)27(16)37(2)29(40)41-3)25-6-7-33-11-24(25)35-28-34-10-19-4-5-23(36-39(19)28)26-20(30)8-17(9-21(26)31)18-14-42-15-18/h4-11,16,18,22,27H,12-15,32H2,1-3H3,(H,34,35)/t16-,22+,27-/m0/s1. The second-order valence-corrected chi connectivity index (χ2v) is 10.9. The summed E-state index contributed by atoms with van der Waals surface area (Å²) in [4.78, 5) is 24.6. The Morgan fingerprint density at radius 1 is 1.17 bits per heavy atom. The summed E-state index contributed by atoms with van der Waals surface area (Å²) in [5, 5.41) is 7.83. The Kier molecular flexibility index (Phi) is 7.37. The third-order valence-electron chi connectivity index (χ3n) is 8.07. The maximum atomic E-state index is 15.1. The Morgan fingerprint density at radius 2 is 1.93 bits per heavy atom. The molecule has 220 valence electrons. The van der Waals surface area contributed by atoms with Gasteiger partial charge in [0.15, 0.2) is 0 Å². The van der Waals surface area contributed by atoms with Gasteiger partial charge in [-0.3, -0.25) is 4.98 Å². The highest BCUT2D eigenvalue weighted by molar-refractivity contribution is 5.74. The summed E-state index contributed by atoms with van der Waals surface area (Å²) >= 11 is 0. The number of nitrogens with zero attached hydrogens (tertiary/aromatic N) is 6. The molecule has 0 aliphatic carbocycles. The second kappa shape index (κ2) is 11.1. The molecule has 0 radical (unpaired) electrons. The number of carbonyl (C=O) groups is 1. The van der Waals surface area contributed by atoms with Crippen LogP contribution in [0.3, 0.4) is 0 Å². The topological polar surface area (TPSA) is 123 Å². The van der Waals surface area contributed by atoms with E-state index in [0.29, 0.717) is 49.0 Å². The lowest BCUT2D eigenvalue weighted by Crippen LogP contribution is -2.62. The van der Waals surface area contributed by atoms with Crippen molar-refractivity contribution in [2.75, 3.05) is 50.7 Å². The van der Waals surface area contributed by atoms with Crippen LogP contribution in [0, 0.1) is 17.6 Å². The molecule has 1 aromatic carbocycles. The number of pyridine rings is 1. The van der Waals surface area contributed by atoms with E-state index in [1.165, 1.54) is 23.8 Å². The van der Waals surface area contributed by atoms with Crippen LogP contribution in [-0.4, -0.2) is 83.1 Å². The number of ether oxygens (including phenoxy) is 2. The number of imidazole rings is 1. The van der Waals surface area contributed by atoms with E-state index in [0.717, 1.165) is 5.69 Å². The summed E-state index contributed by atoms with van der Waals surface area (Å²) in [5.74, 6) is -0.973. The number of nitrogens with two attached hydrogens (primary N) is 1. The third kappa shape index (κ3) is 4.98. The average molecular weight is 579 g/mol. The molecule has 11 nitrogen and oxygen atoms in total. The molecule has 42 heavy (non-hydrogen) atoms. The van der Waals surface area contributed by atoms with Crippen LogP contribution < -0.4 is 16.0 Å². The molecular weight excluding hydrogens is 546 g/mol. The molecule has 2 fully saturated rings. The van der Waals surface area contributed by atoms with Crippen LogP contribution in [0.1, 0.15) is 18.4 Å². The third-order valence-corrected chi connectivity index (χ3v) is 8.07. The molecular formula is C29H32F2N8O3. The van der Waals surface area contributed by atoms with Gasteiger partial charge in [0.25, 0.3) is 0 Å². The Morgan fingerprint density at radius 3 is 2.60 bits per heavy atom. The Bertz CT molecular complexity index is 1590. The molecule has 4 aromatic rings. The fourth-order valence-electron chi connectivity index (χ4n) is 5.93. The zero-order chi connectivity index (χ0) is 29.5. The van der Waals surface area contributed by atoms with Crippen LogP contribution in [0.2, 0.25) is 0 Å². The number of nitrogens with one attached hydrogen (secondary N) is 1. The van der Waals surface area contributed by atoms with Crippen LogP contribution in [0.15, 0.2) is 48.9 Å². The zero-order valence-electron chi connectivity index (χ0n) is 23.5. The summed E-state index contributed by atoms with van der Waals surface area (Å²) in [7, 11) is 3.05. The molecule has 3 aromatic heterocycles. The van der Waals surface area contributed by atoms with Crippen LogP contribution in [0.4, 0.5) is 30.9 Å². The first-order valence-electron chi connectivity index (χ1n) is 13.7. The van der Waals surface area contributed by atoms with E-state index in [-0.39, 0.29) is 35.2 Å². The van der Waals surface area contributed by atoms with Crippen molar-refractivity contribution in [2.45, 2.75) is 24.9 Å². The molecule has 0 spiro atoms. The number of hydrogen-bond donors (Lipinski definition) is 2. The van der Waals surface area contributed by atoms with Crippen LogP contribution in [0.5, 0.6) is 0 Å². The first-order chi connectivity index (χ1) is 20.2. The molecule has 3 atom stereocenters. The Labute approximate surface area is 241 Å². The van der Waals surface area contributed by atoms with Gasteiger partial charge in [-0.25, -0.2) is 18.6 Å². The molecule has 6 rings (SSSR count). The van der Waals surface area contributed by atoms with Crippen molar-refractivity contribution in [2.24, 2.45) is 11.7 Å². The maximum Gasteiger partial charge on any atom is 0.409 e. The molecule has 5 heterocycles. The summed E-state index contributed by atoms with van der Waals surface area (Å²) in [6.45, 7) is 4.07. The van der Waals surface area contributed by atoms with Crippen molar-refractivity contribution >= 4 is 28.9 Å². The van der Waals surface area contributed by atoms with Gasteiger partial charge in [-0.1, -0.05) is 6.92 Å². The Balaban J connectivity index is 1.28. The molecule has 3 N–H and O–H groups in total. The largest absolute Gasteiger partial charge is 0.453 e. The molecule has 0 bridgehead atoms. The molecule has 1 amide bonds. The van der Waals surface area contributed by atoms with Crippen molar-refractivity contribution in [3.8, 4) is 11.3 Å². The normalized spacial score (nSPS) is 20.8. The number of anilines is 3. The van der Waals surface area contributed by atoms with Crippen LogP contribution in [-0.2, 0) is 9.47 Å². The SMILES string of the molecule is COC(=O)N(C)[C@@H]1[C@H](N)CN(c2ccncc2Nc2ncc3ccc(-c4c(F)cc(C5COC5)cc4F)nn23)C[C@@H]1C. The lowest BCUT2D eigenvalue weighted by molar-refractivity contribution is 0.00822. The summed E-state index contributed by atoms with van der Waals surface area (Å²) in [6, 6.07) is 7.34. The van der Waals surface area contributed by atoms with E-state index in [2.05, 4.69) is 25.3 Å². The molecule has 0 unspecified atom stereocenters. The molecule has 13 heteroatoms. The number of likely N-dealkylation sites (N-methyl/N-ethyl adjacent to an activating group) is 1. The van der Waals surface area contributed by atoms with Gasteiger partial charge in [-0.2, -0.15) is 9.61 Å². The van der Waals surface area contributed by atoms with E-state index in [1.807, 2.05) is 13.0 Å². The number of halogens is 2. The van der Waals surface area contributed by atoms with Crippen molar-refractivity contribution in [3.63, 3.8) is 0 Å². The number of aromatic nitrogens is 4. The molecule has 2 aliphatic heterocycles. The number of benzene rings is 1. The van der Waals surface area contributed by atoms with E-state index in [9.17, 15) is 4.79 Å². The quantitative estimate of drug-likeness (QED) is 0.352. The van der Waals surface area contributed by atoms with Crippen molar-refractivity contribution in [1.82, 2.24) is 24.5 Å². The summed E-state index contributed by atoms with van der Waals surface area (Å²) in [6.07, 6.45) is 4.55. The first kappa shape index (κ1) is 27.8. The predicted molar refractivity (Wildman–Crippen MR) is 153 cm³/mol. The molecule has 0 saturated carbocycles. The van der Waals surface area contributed by atoms with Gasteiger partial charge >= 0.3 is 6.09 Å². The monoisotopic (exact) mass is 578 g/mol. The van der Waals surface area contributed by atoms with E-state index in [1.54, 1.807) is 42.7 Å². The van der Waals surface area contributed by atoms with Crippen LogP contribution in [0.25, 0.3) is 16.8 Å². The fourth-order valence-corrected chi connectivity index (χ4v) is 5.93. The minimum Gasteiger partial charge on any atom is -0.453 e. The van der Waals surface area contributed by atoms with Gasteiger partial charge < -0.3 is 30.3 Å². The average Bonchev–Trinajstić information content (AvgIpc) is 3.33. The lowest BCUT2D eigenvalue weighted by Gasteiger charge is -2.45. The zero-order valence-corrected chi connectivity index (χ0v) is 23.5. The predicted octanol–water partition coefficient (Wildman–Crippen LogP) is 3.78. The molecule has 2 aliphatic rings. The number of piperidine rings is 1. The number of methoxy groups -OCH3 is 1. The number of carbonyl (C=O) groups excluding carboxylic acids is 1. The Hall–Kier alpha value is -4.36. The van der Waals surface area contributed by atoms with Crippen molar-refractivity contribution < 1.29 is 23.0 Å². The number of amides is 1. The van der Waals surface area contributed by atoms with Gasteiger partial charge in [-0.05, 0) is 41.8 Å². The van der Waals surface area contributed by atoms with Gasteiger partial charge in [0, 0.05) is 38.3 Å².